The molecule has 0 fully saturated rings. The number of ether oxygens (including phenoxy) is 3. The van der Waals surface area contributed by atoms with Crippen LogP contribution in [0.3, 0.4) is 0 Å². The standard InChI is InChI=1S/C24H20FNO5/c1-15(24(28)26-19-8-11-21-22(14-19)30-13-12-29-21)31-20-9-4-17(5-10-20)23(27)16-2-6-18(25)7-3-16/h2-11,14-15H,12-13H2,1H3,(H,26,28). The lowest BCUT2D eigenvalue weighted by molar-refractivity contribution is -0.122. The number of nitrogens with one attached hydrogen (secondary N) is 1. The third-order valence-electron chi connectivity index (χ3n) is 4.71. The molecule has 1 heterocycles. The molecule has 1 aliphatic rings. The first-order valence-electron chi connectivity index (χ1n) is 9.77. The number of ketones is 1. The summed E-state index contributed by atoms with van der Waals surface area (Å²) < 4.78 is 29.7. The fourth-order valence-corrected chi connectivity index (χ4v) is 3.08. The first-order chi connectivity index (χ1) is 15.0. The van der Waals surface area contributed by atoms with Crippen molar-refractivity contribution in [3.63, 3.8) is 0 Å². The summed E-state index contributed by atoms with van der Waals surface area (Å²) in [6.07, 6.45) is -0.771. The number of carbonyl (C=O) groups excluding carboxylic acids is 2. The van der Waals surface area contributed by atoms with Crippen LogP contribution >= 0.6 is 0 Å². The number of benzene rings is 3. The van der Waals surface area contributed by atoms with E-state index in [4.69, 9.17) is 14.2 Å². The summed E-state index contributed by atoms with van der Waals surface area (Å²) in [4.78, 5) is 24.9. The third-order valence-corrected chi connectivity index (χ3v) is 4.71. The Morgan fingerprint density at radius 1 is 0.903 bits per heavy atom. The first-order valence-corrected chi connectivity index (χ1v) is 9.77. The van der Waals surface area contributed by atoms with Gasteiger partial charge in [0, 0.05) is 22.9 Å². The maximum Gasteiger partial charge on any atom is 0.265 e. The Hall–Kier alpha value is -3.87. The predicted octanol–water partition coefficient (Wildman–Crippen LogP) is 4.23. The second-order valence-electron chi connectivity index (χ2n) is 6.97. The number of hydrogen-bond donors (Lipinski definition) is 1. The smallest absolute Gasteiger partial charge is 0.265 e. The molecule has 31 heavy (non-hydrogen) atoms. The molecular formula is C24H20FNO5. The van der Waals surface area contributed by atoms with Crippen LogP contribution in [0.1, 0.15) is 22.8 Å². The van der Waals surface area contributed by atoms with E-state index in [9.17, 15) is 14.0 Å². The van der Waals surface area contributed by atoms with Gasteiger partial charge in [-0.1, -0.05) is 0 Å². The van der Waals surface area contributed by atoms with Gasteiger partial charge in [-0.25, -0.2) is 4.39 Å². The zero-order valence-corrected chi connectivity index (χ0v) is 16.8. The molecule has 0 spiro atoms. The van der Waals surface area contributed by atoms with Crippen LogP contribution in [0, 0.1) is 5.82 Å². The van der Waals surface area contributed by atoms with Crippen LogP contribution in [-0.2, 0) is 4.79 Å². The van der Waals surface area contributed by atoms with E-state index in [0.717, 1.165) is 0 Å². The van der Waals surface area contributed by atoms with Crippen molar-refractivity contribution in [1.29, 1.82) is 0 Å². The lowest BCUT2D eigenvalue weighted by Gasteiger charge is -2.19. The minimum atomic E-state index is -0.771. The summed E-state index contributed by atoms with van der Waals surface area (Å²) >= 11 is 0. The van der Waals surface area contributed by atoms with Crippen molar-refractivity contribution in [3.8, 4) is 17.2 Å². The van der Waals surface area contributed by atoms with Gasteiger partial charge in [-0.15, -0.1) is 0 Å². The van der Waals surface area contributed by atoms with Crippen molar-refractivity contribution in [2.45, 2.75) is 13.0 Å². The van der Waals surface area contributed by atoms with Gasteiger partial charge < -0.3 is 19.5 Å². The van der Waals surface area contributed by atoms with E-state index in [0.29, 0.717) is 47.3 Å². The zero-order valence-electron chi connectivity index (χ0n) is 16.8. The summed E-state index contributed by atoms with van der Waals surface area (Å²) in [6.45, 7) is 2.59. The molecular weight excluding hydrogens is 401 g/mol. The fraction of sp³-hybridized carbons (Fsp3) is 0.167. The van der Waals surface area contributed by atoms with Gasteiger partial charge in [-0.3, -0.25) is 9.59 Å². The van der Waals surface area contributed by atoms with Gasteiger partial charge in [-0.05, 0) is 67.6 Å². The highest BCUT2D eigenvalue weighted by Crippen LogP contribution is 2.32. The molecule has 3 aromatic rings. The summed E-state index contributed by atoms with van der Waals surface area (Å²) in [5.74, 6) is 0.714. The summed E-state index contributed by atoms with van der Waals surface area (Å²) in [7, 11) is 0. The summed E-state index contributed by atoms with van der Waals surface area (Å²) in [5, 5.41) is 2.78. The number of hydrogen-bond acceptors (Lipinski definition) is 5. The van der Waals surface area contributed by atoms with Crippen LogP contribution < -0.4 is 19.5 Å². The molecule has 0 aliphatic carbocycles. The molecule has 1 aliphatic heterocycles. The predicted molar refractivity (Wildman–Crippen MR) is 112 cm³/mol. The van der Waals surface area contributed by atoms with Crippen LogP contribution in [0.2, 0.25) is 0 Å². The van der Waals surface area contributed by atoms with Crippen molar-refractivity contribution in [1.82, 2.24) is 0 Å². The Labute approximate surface area is 178 Å². The maximum absolute atomic E-state index is 13.0. The molecule has 6 nitrogen and oxygen atoms in total. The average molecular weight is 421 g/mol. The average Bonchev–Trinajstić information content (AvgIpc) is 2.79. The Kier molecular flexibility index (Phi) is 5.84. The molecule has 1 amide bonds. The highest BCUT2D eigenvalue weighted by Gasteiger charge is 2.18. The van der Waals surface area contributed by atoms with Crippen LogP contribution in [0.15, 0.2) is 66.7 Å². The molecule has 0 radical (unpaired) electrons. The fourth-order valence-electron chi connectivity index (χ4n) is 3.08. The maximum atomic E-state index is 13.0. The second-order valence-corrected chi connectivity index (χ2v) is 6.97. The Balaban J connectivity index is 1.36. The molecule has 4 rings (SSSR count). The number of anilines is 1. The van der Waals surface area contributed by atoms with E-state index in [1.165, 1.54) is 24.3 Å². The molecule has 3 aromatic carbocycles. The monoisotopic (exact) mass is 421 g/mol. The van der Waals surface area contributed by atoms with Crippen molar-refractivity contribution in [2.24, 2.45) is 0 Å². The number of halogens is 1. The van der Waals surface area contributed by atoms with Gasteiger partial charge in [0.05, 0.1) is 0 Å². The summed E-state index contributed by atoms with van der Waals surface area (Å²) in [6, 6.07) is 17.0. The van der Waals surface area contributed by atoms with Crippen molar-refractivity contribution in [3.05, 3.63) is 83.7 Å². The lowest BCUT2D eigenvalue weighted by Crippen LogP contribution is -2.30. The molecule has 1 N–H and O–H groups in total. The topological polar surface area (TPSA) is 73.9 Å². The SMILES string of the molecule is CC(Oc1ccc(C(=O)c2ccc(F)cc2)cc1)C(=O)Nc1ccc2c(c1)OCCO2. The Morgan fingerprint density at radius 2 is 1.52 bits per heavy atom. The second kappa shape index (κ2) is 8.87. The van der Waals surface area contributed by atoms with Gasteiger partial charge >= 0.3 is 0 Å². The van der Waals surface area contributed by atoms with Gasteiger partial charge in [0.25, 0.3) is 5.91 Å². The number of amides is 1. The van der Waals surface area contributed by atoms with Crippen LogP contribution in [0.25, 0.3) is 0 Å². The van der Waals surface area contributed by atoms with Crippen molar-refractivity contribution in [2.75, 3.05) is 18.5 Å². The Bertz CT molecular complexity index is 1100. The van der Waals surface area contributed by atoms with Crippen molar-refractivity contribution < 1.29 is 28.2 Å². The van der Waals surface area contributed by atoms with Crippen LogP contribution in [0.5, 0.6) is 17.2 Å². The van der Waals surface area contributed by atoms with E-state index >= 15 is 0 Å². The van der Waals surface area contributed by atoms with Gasteiger partial charge in [-0.2, -0.15) is 0 Å². The zero-order chi connectivity index (χ0) is 21.8. The normalized spacial score (nSPS) is 13.2. The molecule has 7 heteroatoms. The molecule has 0 saturated carbocycles. The van der Waals surface area contributed by atoms with Crippen LogP contribution in [0.4, 0.5) is 10.1 Å². The molecule has 0 saturated heterocycles. The van der Waals surface area contributed by atoms with E-state index < -0.39 is 11.9 Å². The number of fused-ring (bicyclic) bond motifs is 1. The van der Waals surface area contributed by atoms with E-state index in [-0.39, 0.29) is 11.7 Å². The molecule has 0 aromatic heterocycles. The molecule has 0 bridgehead atoms. The summed E-state index contributed by atoms with van der Waals surface area (Å²) in [5.41, 5.74) is 1.40. The molecule has 1 atom stereocenters. The third kappa shape index (κ3) is 4.83. The highest BCUT2D eigenvalue weighted by atomic mass is 19.1. The van der Waals surface area contributed by atoms with Crippen LogP contribution in [-0.4, -0.2) is 31.0 Å². The highest BCUT2D eigenvalue weighted by molar-refractivity contribution is 6.09. The van der Waals surface area contributed by atoms with E-state index in [1.807, 2.05) is 0 Å². The number of carbonyl (C=O) groups is 2. The van der Waals surface area contributed by atoms with Gasteiger partial charge in [0.2, 0.25) is 0 Å². The Morgan fingerprint density at radius 3 is 2.19 bits per heavy atom. The largest absolute Gasteiger partial charge is 0.486 e. The van der Waals surface area contributed by atoms with Crippen molar-refractivity contribution >= 4 is 17.4 Å². The minimum Gasteiger partial charge on any atom is -0.486 e. The van der Waals surface area contributed by atoms with Gasteiger partial charge in [0.15, 0.2) is 23.4 Å². The first kappa shape index (κ1) is 20.4. The molecule has 1 unspecified atom stereocenters. The van der Waals surface area contributed by atoms with E-state index in [1.54, 1.807) is 49.4 Å². The number of rotatable bonds is 6. The minimum absolute atomic E-state index is 0.226. The quantitative estimate of drug-likeness (QED) is 0.603. The van der Waals surface area contributed by atoms with E-state index in [2.05, 4.69) is 5.32 Å². The lowest BCUT2D eigenvalue weighted by atomic mass is 10.0. The van der Waals surface area contributed by atoms with Gasteiger partial charge in [0.1, 0.15) is 24.8 Å². The molecule has 158 valence electrons.